The van der Waals surface area contributed by atoms with Gasteiger partial charge in [-0.05, 0) is 33.3 Å². The standard InChI is InChI=1S/C13H20NO4P.K/c1-10(2)17-19(16,18-11(3)4)14-13(15)12-8-6-5-7-9-12;/h5-11H,1-4H3,(H,14,15,16);/q;+1/p-1. The molecule has 0 aromatic heterocycles. The van der Waals surface area contributed by atoms with Crippen LogP contribution in [-0.4, -0.2) is 18.1 Å². The van der Waals surface area contributed by atoms with Gasteiger partial charge in [-0.25, -0.2) is 0 Å². The van der Waals surface area contributed by atoms with Crippen LogP contribution in [0.1, 0.15) is 38.1 Å². The van der Waals surface area contributed by atoms with Crippen molar-refractivity contribution in [3.8, 4) is 0 Å². The first kappa shape index (κ1) is 20.5. The first-order valence-corrected chi connectivity index (χ1v) is 7.61. The molecule has 1 amide bonds. The molecule has 20 heavy (non-hydrogen) atoms. The molecule has 0 saturated heterocycles. The molecule has 0 fully saturated rings. The maximum atomic E-state index is 12.4. The van der Waals surface area contributed by atoms with Crippen LogP contribution >= 0.6 is 7.75 Å². The molecule has 0 atom stereocenters. The summed E-state index contributed by atoms with van der Waals surface area (Å²) in [6.45, 7) is 6.83. The molecule has 7 heteroatoms. The summed E-state index contributed by atoms with van der Waals surface area (Å²) in [5.74, 6) is -0.606. The van der Waals surface area contributed by atoms with Gasteiger partial charge in [-0.15, -0.1) is 0 Å². The van der Waals surface area contributed by atoms with Gasteiger partial charge in [0, 0.05) is 0 Å². The Morgan fingerprint density at radius 3 is 1.90 bits per heavy atom. The molecule has 0 heterocycles. The number of rotatable bonds is 6. The fourth-order valence-corrected chi connectivity index (χ4v) is 2.90. The van der Waals surface area contributed by atoms with E-state index < -0.39 is 13.7 Å². The fourth-order valence-electron chi connectivity index (χ4n) is 1.35. The van der Waals surface area contributed by atoms with E-state index in [0.29, 0.717) is 5.56 Å². The van der Waals surface area contributed by atoms with Crippen molar-refractivity contribution in [2.24, 2.45) is 0 Å². The third kappa shape index (κ3) is 7.47. The SMILES string of the molecule is CC(C)OP(=O)([N-]C(=O)c1ccccc1)OC(C)C.[K+]. The molecule has 0 radical (unpaired) electrons. The molecule has 5 nitrogen and oxygen atoms in total. The minimum atomic E-state index is -3.78. The smallest absolute Gasteiger partial charge is 0.548 e. The van der Waals surface area contributed by atoms with Crippen LogP contribution in [0, 0.1) is 0 Å². The summed E-state index contributed by atoms with van der Waals surface area (Å²) in [5.41, 5.74) is 0.349. The summed E-state index contributed by atoms with van der Waals surface area (Å²) in [5, 5.41) is 3.63. The number of benzene rings is 1. The Kier molecular flexibility index (Phi) is 9.71. The third-order valence-corrected chi connectivity index (χ3v) is 3.72. The van der Waals surface area contributed by atoms with Gasteiger partial charge < -0.3 is 18.9 Å². The maximum absolute atomic E-state index is 12.4. The van der Waals surface area contributed by atoms with E-state index in [-0.39, 0.29) is 63.6 Å². The van der Waals surface area contributed by atoms with Gasteiger partial charge in [0.05, 0.1) is 18.1 Å². The summed E-state index contributed by atoms with van der Waals surface area (Å²) in [4.78, 5) is 11.9. The van der Waals surface area contributed by atoms with Crippen LogP contribution in [-0.2, 0) is 13.6 Å². The fraction of sp³-hybridized carbons (Fsp3) is 0.462. The van der Waals surface area contributed by atoms with Crippen molar-refractivity contribution >= 4 is 13.7 Å². The Balaban J connectivity index is 0.00000361. The Hall–Kier alpha value is 0.476. The van der Waals surface area contributed by atoms with Gasteiger partial charge in [0.1, 0.15) is 0 Å². The van der Waals surface area contributed by atoms with Crippen molar-refractivity contribution in [1.29, 1.82) is 0 Å². The van der Waals surface area contributed by atoms with E-state index >= 15 is 0 Å². The maximum Gasteiger partial charge on any atom is 1.00 e. The van der Waals surface area contributed by atoms with Crippen LogP contribution < -0.4 is 51.4 Å². The van der Waals surface area contributed by atoms with Gasteiger partial charge in [0.15, 0.2) is 0 Å². The summed E-state index contributed by atoms with van der Waals surface area (Å²) >= 11 is 0. The summed E-state index contributed by atoms with van der Waals surface area (Å²) in [7, 11) is -3.78. The molecule has 0 aliphatic heterocycles. The number of carbonyl (C=O) groups excluding carboxylic acids is 1. The van der Waals surface area contributed by atoms with Crippen molar-refractivity contribution in [2.45, 2.75) is 39.9 Å². The van der Waals surface area contributed by atoms with Gasteiger partial charge in [-0.3, -0.25) is 4.57 Å². The van der Waals surface area contributed by atoms with E-state index in [1.54, 1.807) is 58.0 Å². The first-order chi connectivity index (χ1) is 8.82. The second kappa shape index (κ2) is 9.48. The van der Waals surface area contributed by atoms with Crippen LogP contribution in [0.4, 0.5) is 0 Å². The second-order valence-corrected chi connectivity index (χ2v) is 6.11. The predicted molar refractivity (Wildman–Crippen MR) is 74.2 cm³/mol. The topological polar surface area (TPSA) is 66.7 Å². The zero-order valence-electron chi connectivity index (χ0n) is 12.6. The zero-order chi connectivity index (χ0) is 14.5. The van der Waals surface area contributed by atoms with Crippen LogP contribution in [0.25, 0.3) is 5.09 Å². The van der Waals surface area contributed by atoms with Crippen molar-refractivity contribution < 1.29 is 69.8 Å². The van der Waals surface area contributed by atoms with Gasteiger partial charge in [-0.1, -0.05) is 30.3 Å². The molecule has 0 aliphatic rings. The molecule has 0 spiro atoms. The Morgan fingerprint density at radius 1 is 1.05 bits per heavy atom. The van der Waals surface area contributed by atoms with Gasteiger partial charge >= 0.3 is 51.4 Å². The molecule has 1 rings (SSSR count). The zero-order valence-corrected chi connectivity index (χ0v) is 16.6. The van der Waals surface area contributed by atoms with Crippen molar-refractivity contribution in [3.63, 3.8) is 0 Å². The third-order valence-electron chi connectivity index (χ3n) is 1.92. The van der Waals surface area contributed by atoms with Crippen LogP contribution in [0.5, 0.6) is 0 Å². The predicted octanol–water partition coefficient (Wildman–Crippen LogP) is 1.16. The summed E-state index contributed by atoms with van der Waals surface area (Å²) < 4.78 is 22.8. The second-order valence-electron chi connectivity index (χ2n) is 4.55. The molecular formula is C13H19KNO4P. The Morgan fingerprint density at radius 2 is 1.50 bits per heavy atom. The minimum Gasteiger partial charge on any atom is -0.548 e. The van der Waals surface area contributed by atoms with Crippen LogP contribution in [0.2, 0.25) is 0 Å². The van der Waals surface area contributed by atoms with Crippen LogP contribution in [0.3, 0.4) is 0 Å². The largest absolute Gasteiger partial charge is 1.00 e. The van der Waals surface area contributed by atoms with Crippen molar-refractivity contribution in [2.75, 3.05) is 0 Å². The number of amides is 1. The number of hydrogen-bond donors (Lipinski definition) is 0. The molecule has 0 aliphatic carbocycles. The quantitative estimate of drug-likeness (QED) is 0.582. The molecule has 0 bridgehead atoms. The number of hydrogen-bond acceptors (Lipinski definition) is 4. The average Bonchev–Trinajstić information content (AvgIpc) is 2.27. The Bertz CT molecular complexity index is 451. The van der Waals surface area contributed by atoms with Gasteiger partial charge in [-0.2, -0.15) is 0 Å². The molecule has 106 valence electrons. The average molecular weight is 323 g/mol. The number of nitrogens with zero attached hydrogens (tertiary/aromatic N) is 1. The summed E-state index contributed by atoms with van der Waals surface area (Å²) in [6.07, 6.45) is -0.700. The monoisotopic (exact) mass is 323 g/mol. The van der Waals surface area contributed by atoms with E-state index in [1.807, 2.05) is 0 Å². The molecule has 1 aromatic carbocycles. The molecule has 1 aromatic rings. The number of carbonyl (C=O) groups is 1. The van der Waals surface area contributed by atoms with Crippen molar-refractivity contribution in [3.05, 3.63) is 41.0 Å². The van der Waals surface area contributed by atoms with E-state index in [4.69, 9.17) is 9.05 Å². The van der Waals surface area contributed by atoms with E-state index in [1.165, 1.54) is 0 Å². The van der Waals surface area contributed by atoms with E-state index in [0.717, 1.165) is 0 Å². The van der Waals surface area contributed by atoms with Gasteiger partial charge in [0.2, 0.25) is 0 Å². The van der Waals surface area contributed by atoms with Crippen molar-refractivity contribution in [1.82, 2.24) is 0 Å². The normalized spacial score (nSPS) is 11.3. The first-order valence-electron chi connectivity index (χ1n) is 6.12. The molecule has 0 N–H and O–H groups in total. The minimum absolute atomic E-state index is 0. The summed E-state index contributed by atoms with van der Waals surface area (Å²) in [6, 6.07) is 8.40. The molecular weight excluding hydrogens is 304 g/mol. The van der Waals surface area contributed by atoms with E-state index in [9.17, 15) is 9.36 Å². The van der Waals surface area contributed by atoms with Crippen LogP contribution in [0.15, 0.2) is 30.3 Å². The molecule has 0 unspecified atom stereocenters. The van der Waals surface area contributed by atoms with Gasteiger partial charge in [0.25, 0.3) is 7.75 Å². The molecule has 0 saturated carbocycles. The van der Waals surface area contributed by atoms with E-state index in [2.05, 4.69) is 5.09 Å². The Labute approximate surface area is 162 Å².